The summed E-state index contributed by atoms with van der Waals surface area (Å²) in [7, 11) is 0. The van der Waals surface area contributed by atoms with Crippen molar-refractivity contribution in [2.75, 3.05) is 13.2 Å². The van der Waals surface area contributed by atoms with E-state index in [9.17, 15) is 0 Å². The molecule has 0 bridgehead atoms. The molecule has 2 nitrogen and oxygen atoms in total. The second-order valence-corrected chi connectivity index (χ2v) is 7.92. The molecule has 2 rings (SSSR count). The second-order valence-electron chi connectivity index (χ2n) is 6.12. The first-order valence-corrected chi connectivity index (χ1v) is 8.31. The van der Waals surface area contributed by atoms with Gasteiger partial charge in [-0.3, -0.25) is 0 Å². The van der Waals surface area contributed by atoms with E-state index in [1.165, 1.54) is 30.6 Å². The van der Waals surface area contributed by atoms with Crippen LogP contribution in [0.1, 0.15) is 44.4 Å². The van der Waals surface area contributed by atoms with Crippen molar-refractivity contribution in [2.24, 2.45) is 5.41 Å². The normalized spacial score (nSPS) is 19.7. The topological polar surface area (TPSA) is 21.3 Å². The lowest BCUT2D eigenvalue weighted by Gasteiger charge is -2.34. The lowest BCUT2D eigenvalue weighted by atomic mass is 9.76. The van der Waals surface area contributed by atoms with Gasteiger partial charge in [0.05, 0.1) is 17.0 Å². The maximum atomic E-state index is 5.93. The molecule has 19 heavy (non-hydrogen) atoms. The van der Waals surface area contributed by atoms with Crippen molar-refractivity contribution in [1.29, 1.82) is 0 Å². The lowest BCUT2D eigenvalue weighted by Crippen LogP contribution is -2.29. The number of thiophene rings is 1. The number of ether oxygens (including phenoxy) is 1. The minimum Gasteiger partial charge on any atom is -0.377 e. The molecule has 1 fully saturated rings. The van der Waals surface area contributed by atoms with Gasteiger partial charge in [-0.25, -0.2) is 0 Å². The molecule has 0 saturated heterocycles. The van der Waals surface area contributed by atoms with Crippen LogP contribution >= 0.6 is 22.9 Å². The molecule has 0 atom stereocenters. The first-order chi connectivity index (χ1) is 9.05. The highest BCUT2D eigenvalue weighted by atomic mass is 35.5. The first kappa shape index (κ1) is 15.3. The van der Waals surface area contributed by atoms with Crippen LogP contribution in [-0.4, -0.2) is 19.3 Å². The maximum Gasteiger partial charge on any atom is 0.0931 e. The van der Waals surface area contributed by atoms with Gasteiger partial charge >= 0.3 is 0 Å². The molecular weight excluding hydrogens is 278 g/mol. The summed E-state index contributed by atoms with van der Waals surface area (Å²) < 4.78 is 6.79. The standard InChI is InChI=1S/C15H24ClNOS/c1-15(2)7-5-12(6-8-15)18-10-9-17-11-13-3-4-14(16)19-13/h3-4,12,17H,5-11H2,1-2H3. The van der Waals surface area contributed by atoms with Crippen molar-refractivity contribution in [3.05, 3.63) is 21.3 Å². The molecule has 1 aliphatic rings. The quantitative estimate of drug-likeness (QED) is 0.782. The summed E-state index contributed by atoms with van der Waals surface area (Å²) in [6, 6.07) is 4.02. The molecule has 1 aromatic heterocycles. The largest absolute Gasteiger partial charge is 0.377 e. The predicted octanol–water partition coefficient (Wildman–Crippen LogP) is 4.48. The van der Waals surface area contributed by atoms with Crippen LogP contribution in [0, 0.1) is 5.41 Å². The molecule has 1 saturated carbocycles. The highest BCUT2D eigenvalue weighted by Crippen LogP contribution is 2.36. The summed E-state index contributed by atoms with van der Waals surface area (Å²) >= 11 is 7.53. The molecule has 0 aliphatic heterocycles. The first-order valence-electron chi connectivity index (χ1n) is 7.12. The monoisotopic (exact) mass is 301 g/mol. The number of hydrogen-bond acceptors (Lipinski definition) is 3. The van der Waals surface area contributed by atoms with Gasteiger partial charge in [-0.05, 0) is 43.2 Å². The third kappa shape index (κ3) is 5.42. The lowest BCUT2D eigenvalue weighted by molar-refractivity contribution is 0.00595. The Morgan fingerprint density at radius 1 is 1.37 bits per heavy atom. The molecule has 0 spiro atoms. The van der Waals surface area contributed by atoms with Crippen LogP contribution in [0.3, 0.4) is 0 Å². The third-order valence-corrected chi connectivity index (χ3v) is 5.08. The molecule has 0 amide bonds. The van der Waals surface area contributed by atoms with E-state index in [-0.39, 0.29) is 0 Å². The molecule has 0 aromatic carbocycles. The summed E-state index contributed by atoms with van der Waals surface area (Å²) in [6.07, 6.45) is 5.49. The fourth-order valence-corrected chi connectivity index (χ4v) is 3.55. The molecule has 0 unspecified atom stereocenters. The van der Waals surface area contributed by atoms with E-state index in [4.69, 9.17) is 16.3 Å². The van der Waals surface area contributed by atoms with E-state index in [2.05, 4.69) is 25.2 Å². The van der Waals surface area contributed by atoms with E-state index in [0.717, 1.165) is 24.0 Å². The molecule has 108 valence electrons. The van der Waals surface area contributed by atoms with Gasteiger partial charge in [0.25, 0.3) is 0 Å². The molecule has 1 N–H and O–H groups in total. The van der Waals surface area contributed by atoms with Gasteiger partial charge in [0, 0.05) is 18.0 Å². The van der Waals surface area contributed by atoms with Crippen molar-refractivity contribution < 1.29 is 4.74 Å². The second kappa shape index (κ2) is 7.07. The Morgan fingerprint density at radius 2 is 2.11 bits per heavy atom. The Kier molecular flexibility index (Phi) is 5.70. The number of nitrogens with one attached hydrogen (secondary N) is 1. The van der Waals surface area contributed by atoms with Crippen molar-refractivity contribution in [3.8, 4) is 0 Å². The van der Waals surface area contributed by atoms with E-state index < -0.39 is 0 Å². The zero-order valence-electron chi connectivity index (χ0n) is 11.9. The fourth-order valence-electron chi connectivity index (χ4n) is 2.50. The van der Waals surface area contributed by atoms with E-state index in [1.807, 2.05) is 6.07 Å². The molecular formula is C15H24ClNOS. The van der Waals surface area contributed by atoms with Crippen molar-refractivity contribution in [2.45, 2.75) is 52.2 Å². The zero-order valence-corrected chi connectivity index (χ0v) is 13.4. The fraction of sp³-hybridized carbons (Fsp3) is 0.733. The highest BCUT2D eigenvalue weighted by molar-refractivity contribution is 7.16. The smallest absolute Gasteiger partial charge is 0.0931 e. The summed E-state index contributed by atoms with van der Waals surface area (Å²) in [5, 5.41) is 3.40. The zero-order chi connectivity index (χ0) is 13.7. The Morgan fingerprint density at radius 3 is 2.74 bits per heavy atom. The van der Waals surface area contributed by atoms with Crippen LogP contribution in [0.15, 0.2) is 12.1 Å². The van der Waals surface area contributed by atoms with Gasteiger partial charge in [-0.2, -0.15) is 0 Å². The summed E-state index contributed by atoms with van der Waals surface area (Å²) in [5.41, 5.74) is 0.524. The van der Waals surface area contributed by atoms with Crippen LogP contribution < -0.4 is 5.32 Å². The van der Waals surface area contributed by atoms with Crippen molar-refractivity contribution >= 4 is 22.9 Å². The number of hydrogen-bond donors (Lipinski definition) is 1. The SMILES string of the molecule is CC1(C)CCC(OCCNCc2ccc(Cl)s2)CC1. The van der Waals surface area contributed by atoms with Gasteiger partial charge in [0.15, 0.2) is 0 Å². The van der Waals surface area contributed by atoms with Gasteiger partial charge in [0.2, 0.25) is 0 Å². The third-order valence-electron chi connectivity index (χ3n) is 3.85. The van der Waals surface area contributed by atoms with Crippen LogP contribution in [0.25, 0.3) is 0 Å². The molecule has 1 aromatic rings. The van der Waals surface area contributed by atoms with Crippen LogP contribution in [0.2, 0.25) is 4.34 Å². The van der Waals surface area contributed by atoms with Gasteiger partial charge < -0.3 is 10.1 Å². The molecule has 4 heteroatoms. The Bertz CT molecular complexity index is 381. The Labute approximate surface area is 125 Å². The minimum absolute atomic E-state index is 0.478. The number of rotatable bonds is 6. The average Bonchev–Trinajstić information content (AvgIpc) is 2.77. The van der Waals surface area contributed by atoms with Crippen molar-refractivity contribution in [1.82, 2.24) is 5.32 Å². The van der Waals surface area contributed by atoms with Gasteiger partial charge in [-0.1, -0.05) is 25.4 Å². The van der Waals surface area contributed by atoms with E-state index in [1.54, 1.807) is 11.3 Å². The van der Waals surface area contributed by atoms with Gasteiger partial charge in [0.1, 0.15) is 0 Å². The van der Waals surface area contributed by atoms with Crippen LogP contribution in [0.4, 0.5) is 0 Å². The Balaban J connectivity index is 1.53. The van der Waals surface area contributed by atoms with Crippen LogP contribution in [-0.2, 0) is 11.3 Å². The summed E-state index contributed by atoms with van der Waals surface area (Å²) in [6.45, 7) is 7.33. The van der Waals surface area contributed by atoms with E-state index >= 15 is 0 Å². The predicted molar refractivity (Wildman–Crippen MR) is 83.0 cm³/mol. The average molecular weight is 302 g/mol. The molecule has 1 heterocycles. The Hall–Kier alpha value is -0.0900. The van der Waals surface area contributed by atoms with Gasteiger partial charge in [-0.15, -0.1) is 11.3 Å². The minimum atomic E-state index is 0.478. The molecule has 0 radical (unpaired) electrons. The maximum absolute atomic E-state index is 5.93. The van der Waals surface area contributed by atoms with Crippen LogP contribution in [0.5, 0.6) is 0 Å². The van der Waals surface area contributed by atoms with Crippen molar-refractivity contribution in [3.63, 3.8) is 0 Å². The summed E-state index contributed by atoms with van der Waals surface area (Å²) in [5.74, 6) is 0. The molecule has 1 aliphatic carbocycles. The number of halogens is 1. The summed E-state index contributed by atoms with van der Waals surface area (Å²) in [4.78, 5) is 1.28. The van der Waals surface area contributed by atoms with E-state index in [0.29, 0.717) is 11.5 Å². The highest BCUT2D eigenvalue weighted by Gasteiger charge is 2.26.